The van der Waals surface area contributed by atoms with Crippen LogP contribution < -0.4 is 4.74 Å². The Morgan fingerprint density at radius 1 is 1.53 bits per heavy atom. The van der Waals surface area contributed by atoms with Crippen LogP contribution in [-0.4, -0.2) is 34.7 Å². The van der Waals surface area contributed by atoms with Crippen molar-refractivity contribution in [2.24, 2.45) is 0 Å². The Morgan fingerprint density at radius 3 is 2.79 bits per heavy atom. The van der Waals surface area contributed by atoms with Crippen LogP contribution in [0.4, 0.5) is 5.69 Å². The molecule has 0 bridgehead atoms. The number of benzene rings is 1. The molecule has 1 atom stereocenters. The van der Waals surface area contributed by atoms with Gasteiger partial charge in [-0.05, 0) is 6.07 Å². The number of carboxylic acid groups (broad SMARTS) is 1. The molecule has 0 amide bonds. The summed E-state index contributed by atoms with van der Waals surface area (Å²) in [5, 5.41) is 19.7. The Bertz CT molecular complexity index is 554. The van der Waals surface area contributed by atoms with Crippen molar-refractivity contribution in [3.8, 4) is 5.75 Å². The van der Waals surface area contributed by atoms with Gasteiger partial charge in [-0.2, -0.15) is 0 Å². The quantitative estimate of drug-likeness (QED) is 0.491. The number of esters is 1. The first-order chi connectivity index (χ1) is 8.99. The maximum absolute atomic E-state index is 11.2. The second-order valence-corrected chi connectivity index (χ2v) is 3.81. The van der Waals surface area contributed by atoms with Crippen molar-refractivity contribution in [3.05, 3.63) is 33.9 Å². The zero-order valence-electron chi connectivity index (χ0n) is 9.57. The summed E-state index contributed by atoms with van der Waals surface area (Å²) in [6.45, 7) is 0.177. The number of carboxylic acids is 1. The van der Waals surface area contributed by atoms with E-state index in [-0.39, 0.29) is 24.3 Å². The van der Waals surface area contributed by atoms with Crippen LogP contribution in [0.5, 0.6) is 5.75 Å². The van der Waals surface area contributed by atoms with E-state index >= 15 is 0 Å². The van der Waals surface area contributed by atoms with Crippen molar-refractivity contribution >= 4 is 17.6 Å². The number of nitro groups is 1. The van der Waals surface area contributed by atoms with Crippen LogP contribution in [0.3, 0.4) is 0 Å². The number of rotatable bonds is 4. The molecule has 19 heavy (non-hydrogen) atoms. The smallest absolute Gasteiger partial charge is 0.347 e. The van der Waals surface area contributed by atoms with Crippen molar-refractivity contribution in [1.82, 2.24) is 0 Å². The predicted octanol–water partition coefficient (Wildman–Crippen LogP) is 0.987. The molecule has 0 aliphatic carbocycles. The molecule has 1 heterocycles. The highest BCUT2D eigenvalue weighted by Crippen LogP contribution is 2.30. The number of aromatic carboxylic acids is 1. The second-order valence-electron chi connectivity index (χ2n) is 3.81. The lowest BCUT2D eigenvalue weighted by Gasteiger charge is -2.10. The minimum Gasteiger partial charge on any atom is -0.478 e. The van der Waals surface area contributed by atoms with Crippen LogP contribution in [0.25, 0.3) is 0 Å². The van der Waals surface area contributed by atoms with Crippen molar-refractivity contribution in [3.63, 3.8) is 0 Å². The summed E-state index contributed by atoms with van der Waals surface area (Å²) in [6.07, 6.45) is -0.671. The zero-order valence-corrected chi connectivity index (χ0v) is 9.57. The summed E-state index contributed by atoms with van der Waals surface area (Å²) >= 11 is 0. The molecule has 1 N–H and O–H groups in total. The molecule has 0 spiro atoms. The summed E-state index contributed by atoms with van der Waals surface area (Å²) in [6, 6.07) is 3.14. The van der Waals surface area contributed by atoms with E-state index in [1.54, 1.807) is 0 Å². The molecule has 100 valence electrons. The second kappa shape index (κ2) is 4.92. The van der Waals surface area contributed by atoms with Crippen LogP contribution >= 0.6 is 0 Å². The van der Waals surface area contributed by atoms with Crippen molar-refractivity contribution in [1.29, 1.82) is 0 Å². The molecule has 1 fully saturated rings. The van der Waals surface area contributed by atoms with Gasteiger partial charge in [0, 0.05) is 18.6 Å². The fraction of sp³-hybridized carbons (Fsp3) is 0.273. The van der Waals surface area contributed by atoms with Crippen molar-refractivity contribution in [2.75, 3.05) is 6.61 Å². The Hall–Kier alpha value is -2.64. The molecule has 8 heteroatoms. The molecule has 0 radical (unpaired) electrons. The monoisotopic (exact) mass is 267 g/mol. The maximum atomic E-state index is 11.2. The third-order valence-electron chi connectivity index (χ3n) is 2.56. The summed E-state index contributed by atoms with van der Waals surface area (Å²) < 4.78 is 9.86. The highest BCUT2D eigenvalue weighted by molar-refractivity contribution is 5.88. The summed E-state index contributed by atoms with van der Waals surface area (Å²) in [7, 11) is 0. The fourth-order valence-electron chi connectivity index (χ4n) is 1.63. The molecule has 1 saturated heterocycles. The van der Waals surface area contributed by atoms with E-state index < -0.39 is 28.7 Å². The highest BCUT2D eigenvalue weighted by Gasteiger charge is 2.31. The van der Waals surface area contributed by atoms with Gasteiger partial charge in [0.2, 0.25) is 0 Å². The Balaban J connectivity index is 2.34. The molecule has 1 aliphatic heterocycles. The lowest BCUT2D eigenvalue weighted by Crippen LogP contribution is -2.22. The van der Waals surface area contributed by atoms with E-state index in [9.17, 15) is 19.7 Å². The van der Waals surface area contributed by atoms with Crippen LogP contribution in [0.2, 0.25) is 0 Å². The van der Waals surface area contributed by atoms with Gasteiger partial charge in [-0.3, -0.25) is 10.1 Å². The number of carbonyl (C=O) groups excluding carboxylic acids is 1. The van der Waals surface area contributed by atoms with Crippen molar-refractivity contribution < 1.29 is 29.1 Å². The first-order valence-corrected chi connectivity index (χ1v) is 5.34. The molecule has 1 aromatic carbocycles. The highest BCUT2D eigenvalue weighted by atomic mass is 16.6. The molecule has 1 aliphatic rings. The van der Waals surface area contributed by atoms with Gasteiger partial charge in [-0.15, -0.1) is 0 Å². The van der Waals surface area contributed by atoms with Crippen molar-refractivity contribution in [2.45, 2.75) is 12.5 Å². The minimum atomic E-state index is -1.24. The Kier molecular flexibility index (Phi) is 3.32. The van der Waals surface area contributed by atoms with Gasteiger partial charge in [0.05, 0.1) is 17.1 Å². The van der Waals surface area contributed by atoms with Gasteiger partial charge in [0.25, 0.3) is 0 Å². The molecular formula is C11H9NO7. The first-order valence-electron chi connectivity index (χ1n) is 5.34. The van der Waals surface area contributed by atoms with Crippen LogP contribution in [-0.2, 0) is 9.53 Å². The predicted molar refractivity (Wildman–Crippen MR) is 60.0 cm³/mol. The number of nitrogens with zero attached hydrogens (tertiary/aromatic N) is 1. The number of carbonyl (C=O) groups is 2. The fourth-order valence-corrected chi connectivity index (χ4v) is 1.63. The number of cyclic esters (lactones) is 1. The van der Waals surface area contributed by atoms with E-state index in [4.69, 9.17) is 9.84 Å². The first kappa shape index (κ1) is 12.8. The van der Waals surface area contributed by atoms with Gasteiger partial charge in [-0.25, -0.2) is 9.59 Å². The molecule has 0 saturated carbocycles. The van der Waals surface area contributed by atoms with E-state index in [2.05, 4.69) is 4.74 Å². The number of hydrogen-bond donors (Lipinski definition) is 1. The molecule has 0 aromatic heterocycles. The number of nitro benzene ring substituents is 1. The Morgan fingerprint density at radius 2 is 2.26 bits per heavy atom. The third kappa shape index (κ3) is 2.62. The van der Waals surface area contributed by atoms with E-state index in [1.165, 1.54) is 0 Å². The van der Waals surface area contributed by atoms with Gasteiger partial charge >= 0.3 is 17.6 Å². The van der Waals surface area contributed by atoms with E-state index in [0.717, 1.165) is 18.2 Å². The van der Waals surface area contributed by atoms with Crippen LogP contribution in [0, 0.1) is 10.1 Å². The topological polar surface area (TPSA) is 116 Å². The molecule has 1 unspecified atom stereocenters. The molecular weight excluding hydrogens is 258 g/mol. The Labute approximate surface area is 106 Å². The standard InChI is InChI=1S/C11H9NO7/c13-10(14)6-1-2-7(12(16)17)9(5-6)19-8-3-4-18-11(8)15/h1-2,5,8H,3-4H2,(H,13,14). The zero-order chi connectivity index (χ0) is 14.0. The summed E-state index contributed by atoms with van der Waals surface area (Å²) in [4.78, 5) is 32.2. The number of hydrogen-bond acceptors (Lipinski definition) is 6. The third-order valence-corrected chi connectivity index (χ3v) is 2.56. The van der Waals surface area contributed by atoms with Crippen LogP contribution in [0.15, 0.2) is 18.2 Å². The molecule has 1 aromatic rings. The lowest BCUT2D eigenvalue weighted by atomic mass is 10.2. The van der Waals surface area contributed by atoms with Crippen LogP contribution in [0.1, 0.15) is 16.8 Å². The number of ether oxygens (including phenoxy) is 2. The van der Waals surface area contributed by atoms with E-state index in [1.807, 2.05) is 0 Å². The summed E-state index contributed by atoms with van der Waals surface area (Å²) in [5.74, 6) is -2.11. The lowest BCUT2D eigenvalue weighted by molar-refractivity contribution is -0.386. The largest absolute Gasteiger partial charge is 0.478 e. The normalized spacial score (nSPS) is 17.9. The van der Waals surface area contributed by atoms with Gasteiger partial charge in [0.15, 0.2) is 11.9 Å². The van der Waals surface area contributed by atoms with Gasteiger partial charge < -0.3 is 14.6 Å². The average Bonchev–Trinajstić information content (AvgIpc) is 2.74. The van der Waals surface area contributed by atoms with Gasteiger partial charge in [-0.1, -0.05) is 0 Å². The molecule has 8 nitrogen and oxygen atoms in total. The van der Waals surface area contributed by atoms with Gasteiger partial charge in [0.1, 0.15) is 0 Å². The maximum Gasteiger partial charge on any atom is 0.347 e. The van der Waals surface area contributed by atoms with E-state index in [0.29, 0.717) is 0 Å². The average molecular weight is 267 g/mol. The SMILES string of the molecule is O=C(O)c1ccc([N+](=O)[O-])c(OC2CCOC2=O)c1. The minimum absolute atomic E-state index is 0.160. The molecule has 2 rings (SSSR count). The summed E-state index contributed by atoms with van der Waals surface area (Å²) in [5.41, 5.74) is -0.559.